The summed E-state index contributed by atoms with van der Waals surface area (Å²) in [5, 5.41) is 6.66. The van der Waals surface area contributed by atoms with Crippen molar-refractivity contribution in [3.05, 3.63) is 24.2 Å². The average Bonchev–Trinajstić information content (AvgIpc) is 3.10. The van der Waals surface area contributed by atoms with E-state index in [9.17, 15) is 0 Å². The van der Waals surface area contributed by atoms with Crippen LogP contribution in [-0.4, -0.2) is 56.7 Å². The number of nitrogens with one attached hydrogen (secondary N) is 2. The second-order valence-corrected chi connectivity index (χ2v) is 5.91. The Hall–Kier alpha value is -1.53. The molecule has 1 aromatic heterocycles. The summed E-state index contributed by atoms with van der Waals surface area (Å²) in [7, 11) is 2.16. The fraction of sp³-hybridized carbons (Fsp3) is 0.722. The summed E-state index contributed by atoms with van der Waals surface area (Å²) in [6.07, 6.45) is 3.72. The first kappa shape index (κ1) is 20.5. The van der Waals surface area contributed by atoms with E-state index < -0.39 is 0 Å². The van der Waals surface area contributed by atoms with Gasteiger partial charge in [0.2, 0.25) is 0 Å². The lowest BCUT2D eigenvalue weighted by Crippen LogP contribution is -2.42. The normalized spacial score (nSPS) is 13.3. The Kier molecular flexibility index (Phi) is 11.0. The van der Waals surface area contributed by atoms with Crippen LogP contribution in [0.3, 0.4) is 0 Å². The largest absolute Gasteiger partial charge is 0.467 e. The van der Waals surface area contributed by atoms with Gasteiger partial charge in [-0.1, -0.05) is 6.92 Å². The number of furan rings is 1. The van der Waals surface area contributed by atoms with Gasteiger partial charge in [0, 0.05) is 38.8 Å². The van der Waals surface area contributed by atoms with Crippen molar-refractivity contribution in [2.75, 3.05) is 39.8 Å². The molecule has 0 spiro atoms. The number of guanidine groups is 1. The van der Waals surface area contributed by atoms with Crippen LogP contribution >= 0.6 is 0 Å². The Labute approximate surface area is 146 Å². The number of ether oxygens (including phenoxy) is 1. The molecular weight excluding hydrogens is 304 g/mol. The molecule has 0 bridgehead atoms. The Bertz CT molecular complexity index is 434. The van der Waals surface area contributed by atoms with E-state index >= 15 is 0 Å². The van der Waals surface area contributed by atoms with Gasteiger partial charge < -0.3 is 24.7 Å². The molecule has 0 aliphatic heterocycles. The summed E-state index contributed by atoms with van der Waals surface area (Å²) in [6.45, 7) is 11.3. The van der Waals surface area contributed by atoms with Gasteiger partial charge in [-0.3, -0.25) is 4.99 Å². The number of hydrogen-bond donors (Lipinski definition) is 2. The van der Waals surface area contributed by atoms with Gasteiger partial charge in [-0.15, -0.1) is 0 Å². The van der Waals surface area contributed by atoms with E-state index in [1.54, 1.807) is 6.26 Å². The maximum absolute atomic E-state index is 5.56. The highest BCUT2D eigenvalue weighted by atomic mass is 16.5. The third kappa shape index (κ3) is 8.93. The van der Waals surface area contributed by atoms with Crippen LogP contribution in [0.5, 0.6) is 0 Å². The molecule has 1 unspecified atom stereocenters. The summed E-state index contributed by atoms with van der Waals surface area (Å²) in [5.41, 5.74) is 0. The van der Waals surface area contributed by atoms with Crippen molar-refractivity contribution < 1.29 is 9.15 Å². The zero-order chi connectivity index (χ0) is 17.6. The number of aliphatic imine (C=N–C) groups is 1. The summed E-state index contributed by atoms with van der Waals surface area (Å²) in [6, 6.07) is 4.40. The molecule has 138 valence electrons. The maximum atomic E-state index is 5.56. The summed E-state index contributed by atoms with van der Waals surface area (Å²) < 4.78 is 10.8. The van der Waals surface area contributed by atoms with Crippen molar-refractivity contribution in [3.8, 4) is 0 Å². The van der Waals surface area contributed by atoms with E-state index in [0.29, 0.717) is 19.3 Å². The molecule has 0 amide bonds. The van der Waals surface area contributed by atoms with E-state index in [1.165, 1.54) is 6.42 Å². The highest BCUT2D eigenvalue weighted by Crippen LogP contribution is 2.02. The molecule has 0 saturated carbocycles. The van der Waals surface area contributed by atoms with E-state index in [4.69, 9.17) is 9.15 Å². The molecule has 0 aromatic carbocycles. The number of rotatable bonds is 12. The van der Waals surface area contributed by atoms with Gasteiger partial charge >= 0.3 is 0 Å². The van der Waals surface area contributed by atoms with Gasteiger partial charge in [0.25, 0.3) is 0 Å². The molecule has 24 heavy (non-hydrogen) atoms. The van der Waals surface area contributed by atoms with Crippen LogP contribution in [0.1, 0.15) is 39.4 Å². The van der Waals surface area contributed by atoms with Gasteiger partial charge in [-0.05, 0) is 45.9 Å². The van der Waals surface area contributed by atoms with Crippen molar-refractivity contribution in [2.45, 2.75) is 46.3 Å². The van der Waals surface area contributed by atoms with Crippen molar-refractivity contribution in [3.63, 3.8) is 0 Å². The molecular formula is C18H34N4O2. The second kappa shape index (κ2) is 12.8. The summed E-state index contributed by atoms with van der Waals surface area (Å²) in [4.78, 5) is 6.94. The molecule has 0 aliphatic rings. The number of likely N-dealkylation sites (N-methyl/N-ethyl adjacent to an activating group) is 1. The first-order chi connectivity index (χ1) is 11.7. The van der Waals surface area contributed by atoms with Gasteiger partial charge in [0.15, 0.2) is 5.96 Å². The van der Waals surface area contributed by atoms with Crippen molar-refractivity contribution in [1.29, 1.82) is 0 Å². The lowest BCUT2D eigenvalue weighted by molar-refractivity contribution is 0.105. The first-order valence-electron chi connectivity index (χ1n) is 8.99. The minimum Gasteiger partial charge on any atom is -0.467 e. The van der Waals surface area contributed by atoms with E-state index in [0.717, 1.165) is 44.3 Å². The molecule has 0 aliphatic carbocycles. The lowest BCUT2D eigenvalue weighted by Gasteiger charge is -2.24. The average molecular weight is 338 g/mol. The van der Waals surface area contributed by atoms with Crippen LogP contribution in [-0.2, 0) is 11.3 Å². The minimum atomic E-state index is 0.525. The van der Waals surface area contributed by atoms with E-state index in [1.807, 2.05) is 12.1 Å². The lowest BCUT2D eigenvalue weighted by atomic mass is 10.2. The Morgan fingerprint density at radius 3 is 2.88 bits per heavy atom. The minimum absolute atomic E-state index is 0.525. The first-order valence-corrected chi connectivity index (χ1v) is 8.99. The van der Waals surface area contributed by atoms with Crippen LogP contribution < -0.4 is 10.6 Å². The Morgan fingerprint density at radius 1 is 1.38 bits per heavy atom. The molecule has 1 heterocycles. The summed E-state index contributed by atoms with van der Waals surface area (Å²) >= 11 is 0. The standard InChI is InChI=1S/C18H34N4O2/c1-5-16(3)22(4)12-11-21-18(19-6-2)20-10-8-13-23-15-17-9-7-14-24-17/h7,9,14,16H,5-6,8,10-13,15H2,1-4H3,(H2,19,20,21). The highest BCUT2D eigenvalue weighted by Gasteiger charge is 2.06. The zero-order valence-corrected chi connectivity index (χ0v) is 15.7. The van der Waals surface area contributed by atoms with Crippen molar-refractivity contribution in [2.24, 2.45) is 4.99 Å². The molecule has 0 radical (unpaired) electrons. The van der Waals surface area contributed by atoms with Gasteiger partial charge in [0.1, 0.15) is 12.4 Å². The fourth-order valence-electron chi connectivity index (χ4n) is 2.15. The van der Waals surface area contributed by atoms with Gasteiger partial charge in [-0.2, -0.15) is 0 Å². The zero-order valence-electron chi connectivity index (χ0n) is 15.7. The fourth-order valence-corrected chi connectivity index (χ4v) is 2.15. The Morgan fingerprint density at radius 2 is 2.21 bits per heavy atom. The predicted octanol–water partition coefficient (Wildman–Crippen LogP) is 2.47. The van der Waals surface area contributed by atoms with Crippen LogP contribution in [0.4, 0.5) is 0 Å². The SMILES string of the molecule is CCNC(=NCCCOCc1ccco1)NCCN(C)C(C)CC. The van der Waals surface area contributed by atoms with E-state index in [2.05, 4.69) is 48.3 Å². The molecule has 1 aromatic rings. The van der Waals surface area contributed by atoms with Crippen LogP contribution in [0.15, 0.2) is 27.8 Å². The number of nitrogens with zero attached hydrogens (tertiary/aromatic N) is 2. The van der Waals surface area contributed by atoms with Crippen molar-refractivity contribution in [1.82, 2.24) is 15.5 Å². The highest BCUT2D eigenvalue weighted by molar-refractivity contribution is 5.79. The van der Waals surface area contributed by atoms with E-state index in [-0.39, 0.29) is 0 Å². The molecule has 2 N–H and O–H groups in total. The number of hydrogen-bond acceptors (Lipinski definition) is 4. The quantitative estimate of drug-likeness (QED) is 0.348. The molecule has 6 heteroatoms. The predicted molar refractivity (Wildman–Crippen MR) is 99.3 cm³/mol. The second-order valence-electron chi connectivity index (χ2n) is 5.91. The smallest absolute Gasteiger partial charge is 0.191 e. The molecule has 6 nitrogen and oxygen atoms in total. The molecule has 0 saturated heterocycles. The topological polar surface area (TPSA) is 62.0 Å². The third-order valence-corrected chi connectivity index (χ3v) is 3.99. The molecule has 0 fully saturated rings. The van der Waals surface area contributed by atoms with Crippen LogP contribution in [0, 0.1) is 0 Å². The van der Waals surface area contributed by atoms with Crippen LogP contribution in [0.25, 0.3) is 0 Å². The van der Waals surface area contributed by atoms with Gasteiger partial charge in [0.05, 0.1) is 6.26 Å². The van der Waals surface area contributed by atoms with Crippen LogP contribution in [0.2, 0.25) is 0 Å². The monoisotopic (exact) mass is 338 g/mol. The Balaban J connectivity index is 2.16. The summed E-state index contributed by atoms with van der Waals surface area (Å²) in [5.74, 6) is 1.74. The van der Waals surface area contributed by atoms with Gasteiger partial charge in [-0.25, -0.2) is 0 Å². The molecule has 1 atom stereocenters. The molecule has 1 rings (SSSR count). The maximum Gasteiger partial charge on any atom is 0.191 e. The van der Waals surface area contributed by atoms with Crippen molar-refractivity contribution >= 4 is 5.96 Å². The third-order valence-electron chi connectivity index (χ3n) is 3.99.